The number of nitrogens with zero attached hydrogens (tertiary/aromatic N) is 5. The minimum absolute atomic E-state index is 0.0400. The number of nitrogens with one attached hydrogen (secondary N) is 1. The molecule has 3 aromatic heterocycles. The fourth-order valence-corrected chi connectivity index (χ4v) is 7.41. The van der Waals surface area contributed by atoms with Crippen molar-refractivity contribution in [3.63, 3.8) is 0 Å². The van der Waals surface area contributed by atoms with Gasteiger partial charge in [0.15, 0.2) is 9.84 Å². The van der Waals surface area contributed by atoms with E-state index in [1.54, 1.807) is 47.9 Å². The largest absolute Gasteiger partial charge is 0.444 e. The lowest BCUT2D eigenvalue weighted by atomic mass is 10.0. The fraction of sp³-hybridized carbons (Fsp3) is 0.324. The number of likely N-dealkylation sites (tertiary alicyclic amines) is 1. The molecule has 0 bridgehead atoms. The first-order chi connectivity index (χ1) is 23.4. The van der Waals surface area contributed by atoms with Crippen molar-refractivity contribution in [2.45, 2.75) is 63.7 Å². The van der Waals surface area contributed by atoms with E-state index in [1.807, 2.05) is 70.2 Å². The molecule has 11 nitrogen and oxygen atoms in total. The zero-order valence-corrected chi connectivity index (χ0v) is 28.9. The van der Waals surface area contributed by atoms with Crippen molar-refractivity contribution >= 4 is 32.7 Å². The number of anilines is 1. The monoisotopic (exact) mass is 680 g/mol. The van der Waals surface area contributed by atoms with Gasteiger partial charge in [0.05, 0.1) is 22.8 Å². The number of hydrogen-bond donors (Lipinski definition) is 1. The molecule has 4 heterocycles. The smallest absolute Gasteiger partial charge is 0.410 e. The molecule has 1 N–H and O–H groups in total. The molecule has 12 heteroatoms. The van der Waals surface area contributed by atoms with E-state index in [4.69, 9.17) is 14.5 Å². The highest BCUT2D eigenvalue weighted by molar-refractivity contribution is 7.89. The number of piperidine rings is 1. The van der Waals surface area contributed by atoms with Crippen LogP contribution >= 0.6 is 0 Å². The maximum absolute atomic E-state index is 13.2. The molecule has 0 unspecified atom stereocenters. The summed E-state index contributed by atoms with van der Waals surface area (Å²) >= 11 is 0. The Labute approximate surface area is 286 Å². The van der Waals surface area contributed by atoms with Crippen molar-refractivity contribution in [3.8, 4) is 22.9 Å². The number of ether oxygens (including phenoxy) is 2. The fourth-order valence-electron chi connectivity index (χ4n) is 5.90. The number of sulfone groups is 1. The van der Waals surface area contributed by atoms with Gasteiger partial charge in [0.1, 0.15) is 11.4 Å². The first-order valence-corrected chi connectivity index (χ1v) is 18.1. The maximum Gasteiger partial charge on any atom is 0.410 e. The number of hydrogen-bond acceptors (Lipinski definition) is 10. The van der Waals surface area contributed by atoms with E-state index in [2.05, 4.69) is 20.3 Å². The van der Waals surface area contributed by atoms with Crippen LogP contribution in [0.3, 0.4) is 0 Å². The van der Waals surface area contributed by atoms with Crippen molar-refractivity contribution in [1.82, 2.24) is 24.8 Å². The minimum atomic E-state index is -3.47. The molecular formula is C37H40N6O5S. The summed E-state index contributed by atoms with van der Waals surface area (Å²) in [6.45, 7) is 8.65. The van der Waals surface area contributed by atoms with Crippen LogP contribution in [0, 0.1) is 6.92 Å². The number of amides is 1. The average molecular weight is 681 g/mol. The molecule has 1 aliphatic rings. The molecule has 6 rings (SSSR count). The van der Waals surface area contributed by atoms with Gasteiger partial charge in [0.2, 0.25) is 11.8 Å². The molecule has 254 valence electrons. The van der Waals surface area contributed by atoms with Gasteiger partial charge < -0.3 is 19.7 Å². The zero-order chi connectivity index (χ0) is 34.6. The summed E-state index contributed by atoms with van der Waals surface area (Å²) in [7, 11) is -3.47. The van der Waals surface area contributed by atoms with Crippen LogP contribution in [-0.2, 0) is 26.1 Å². The van der Waals surface area contributed by atoms with E-state index in [9.17, 15) is 13.2 Å². The van der Waals surface area contributed by atoms with Gasteiger partial charge in [-0.15, -0.1) is 0 Å². The van der Waals surface area contributed by atoms with Crippen molar-refractivity contribution in [1.29, 1.82) is 0 Å². The highest BCUT2D eigenvalue weighted by atomic mass is 32.2. The molecule has 5 aromatic rings. The van der Waals surface area contributed by atoms with E-state index in [-0.39, 0.29) is 23.6 Å². The molecule has 49 heavy (non-hydrogen) atoms. The molecule has 2 aromatic carbocycles. The van der Waals surface area contributed by atoms with E-state index in [1.165, 1.54) is 0 Å². The summed E-state index contributed by atoms with van der Waals surface area (Å²) in [6, 6.07) is 18.4. The van der Waals surface area contributed by atoms with Crippen molar-refractivity contribution < 1.29 is 22.7 Å². The van der Waals surface area contributed by atoms with Crippen LogP contribution in [0.2, 0.25) is 0 Å². The Kier molecular flexibility index (Phi) is 9.77. The van der Waals surface area contributed by atoms with Gasteiger partial charge in [-0.25, -0.2) is 28.2 Å². The standard InChI is InChI=1S/C37H40N6O5S/c1-25-14-15-29-27(24-49(45,46)23-26-9-6-17-38-21-26)10-5-12-30(29)33(25)47-34-31(13-7-18-39-34)32-16-19-40-35(42-32)41-28-11-8-20-43(22-28)36(44)48-37(2,3)4/h5-7,9-10,12-19,21,28H,8,11,20,22-24H2,1-4H3,(H,40,41,42)/t28-/m0/s1. The Bertz CT molecular complexity index is 2070. The molecule has 1 atom stereocenters. The van der Waals surface area contributed by atoms with Gasteiger partial charge in [-0.1, -0.05) is 36.4 Å². The first-order valence-electron chi connectivity index (χ1n) is 16.3. The normalized spacial score (nSPS) is 15.2. The summed E-state index contributed by atoms with van der Waals surface area (Å²) in [6.07, 6.45) is 7.90. The Balaban J connectivity index is 1.23. The van der Waals surface area contributed by atoms with Crippen LogP contribution < -0.4 is 10.1 Å². The quantitative estimate of drug-likeness (QED) is 0.171. The SMILES string of the molecule is Cc1ccc2c(CS(=O)(=O)Cc3cccnc3)cccc2c1Oc1ncccc1-c1ccnc(N[C@H]2CCCN(C(=O)OC(C)(C)C)C2)n1. The Morgan fingerprint density at radius 3 is 2.59 bits per heavy atom. The van der Waals surface area contributed by atoms with E-state index >= 15 is 0 Å². The van der Waals surface area contributed by atoms with Gasteiger partial charge in [-0.05, 0) is 86.9 Å². The van der Waals surface area contributed by atoms with Crippen molar-refractivity contribution in [3.05, 3.63) is 102 Å². The van der Waals surface area contributed by atoms with Crippen molar-refractivity contribution in [2.75, 3.05) is 18.4 Å². The lowest BCUT2D eigenvalue weighted by molar-refractivity contribution is 0.0206. The molecule has 0 spiro atoms. The number of carbonyl (C=O) groups excluding carboxylic acids is 1. The summed E-state index contributed by atoms with van der Waals surface area (Å²) < 4.78 is 38.5. The van der Waals surface area contributed by atoms with Gasteiger partial charge in [0, 0.05) is 49.3 Å². The van der Waals surface area contributed by atoms with Gasteiger partial charge >= 0.3 is 6.09 Å². The Morgan fingerprint density at radius 2 is 1.80 bits per heavy atom. The number of aryl methyl sites for hydroxylation is 1. The summed E-state index contributed by atoms with van der Waals surface area (Å²) in [4.78, 5) is 32.3. The van der Waals surface area contributed by atoms with Crippen LogP contribution in [0.5, 0.6) is 11.6 Å². The maximum atomic E-state index is 13.2. The number of fused-ring (bicyclic) bond motifs is 1. The molecule has 1 saturated heterocycles. The molecule has 0 aliphatic carbocycles. The molecule has 0 radical (unpaired) electrons. The van der Waals surface area contributed by atoms with Gasteiger partial charge in [-0.3, -0.25) is 4.98 Å². The van der Waals surface area contributed by atoms with Crippen LogP contribution in [-0.4, -0.2) is 64.1 Å². The second kappa shape index (κ2) is 14.2. The predicted octanol–water partition coefficient (Wildman–Crippen LogP) is 7.11. The zero-order valence-electron chi connectivity index (χ0n) is 28.1. The summed E-state index contributed by atoms with van der Waals surface area (Å²) in [5.41, 5.74) is 2.92. The number of benzene rings is 2. The highest BCUT2D eigenvalue weighted by Crippen LogP contribution is 2.38. The molecular weight excluding hydrogens is 641 g/mol. The van der Waals surface area contributed by atoms with E-state index < -0.39 is 15.4 Å². The van der Waals surface area contributed by atoms with Crippen LogP contribution in [0.15, 0.2) is 85.5 Å². The summed E-state index contributed by atoms with van der Waals surface area (Å²) in [5, 5.41) is 4.96. The number of carbonyl (C=O) groups is 1. The van der Waals surface area contributed by atoms with Crippen molar-refractivity contribution in [2.24, 2.45) is 0 Å². The lowest BCUT2D eigenvalue weighted by Crippen LogP contribution is -2.47. The average Bonchev–Trinajstić information content (AvgIpc) is 3.06. The van der Waals surface area contributed by atoms with Crippen LogP contribution in [0.25, 0.3) is 22.0 Å². The van der Waals surface area contributed by atoms with Crippen LogP contribution in [0.1, 0.15) is 50.3 Å². The third-order valence-corrected chi connectivity index (χ3v) is 9.62. The topological polar surface area (TPSA) is 136 Å². The third-order valence-electron chi connectivity index (χ3n) is 8.09. The first kappa shape index (κ1) is 33.8. The number of aromatic nitrogens is 4. The third kappa shape index (κ3) is 8.50. The molecule has 1 fully saturated rings. The second-order valence-corrected chi connectivity index (χ2v) is 15.3. The highest BCUT2D eigenvalue weighted by Gasteiger charge is 2.28. The number of rotatable bonds is 9. The molecule has 1 amide bonds. The Morgan fingerprint density at radius 1 is 0.959 bits per heavy atom. The molecule has 1 aliphatic heterocycles. The van der Waals surface area contributed by atoms with E-state index in [0.717, 1.165) is 29.2 Å². The lowest BCUT2D eigenvalue weighted by Gasteiger charge is -2.34. The van der Waals surface area contributed by atoms with E-state index in [0.29, 0.717) is 53.1 Å². The predicted molar refractivity (Wildman–Crippen MR) is 189 cm³/mol. The van der Waals surface area contributed by atoms with Gasteiger partial charge in [-0.2, -0.15) is 0 Å². The minimum Gasteiger partial charge on any atom is -0.444 e. The number of pyridine rings is 2. The van der Waals surface area contributed by atoms with Gasteiger partial charge in [0.25, 0.3) is 0 Å². The molecule has 0 saturated carbocycles. The Hall–Kier alpha value is -5.10. The second-order valence-electron chi connectivity index (χ2n) is 13.3. The summed E-state index contributed by atoms with van der Waals surface area (Å²) in [5.74, 6) is 1.15. The van der Waals surface area contributed by atoms with Crippen LogP contribution in [0.4, 0.5) is 10.7 Å².